The molecule has 1 aromatic heterocycles. The molecular weight excluding hydrogens is 262 g/mol. The fourth-order valence-corrected chi connectivity index (χ4v) is 1.60. The van der Waals surface area contributed by atoms with Crippen molar-refractivity contribution >= 4 is 35.0 Å². The Hall–Kier alpha value is -2.33. The second kappa shape index (κ2) is 6.02. The molecule has 0 radical (unpaired) electrons. The predicted octanol–water partition coefficient (Wildman–Crippen LogP) is 2.97. The number of carbonyl (C=O) groups excluding carboxylic acids is 1. The largest absolute Gasteiger partial charge is 0.399 e. The summed E-state index contributed by atoms with van der Waals surface area (Å²) in [6.07, 6.45) is 4.68. The van der Waals surface area contributed by atoms with Gasteiger partial charge in [0.1, 0.15) is 0 Å². The Morgan fingerprint density at radius 3 is 2.68 bits per heavy atom. The van der Waals surface area contributed by atoms with Crippen molar-refractivity contribution in [2.75, 3.05) is 11.1 Å². The maximum absolute atomic E-state index is 11.7. The van der Waals surface area contributed by atoms with E-state index in [4.69, 9.17) is 17.3 Å². The third kappa shape index (κ3) is 3.82. The zero-order valence-corrected chi connectivity index (χ0v) is 10.8. The Morgan fingerprint density at radius 1 is 1.26 bits per heavy atom. The third-order valence-corrected chi connectivity index (χ3v) is 2.68. The zero-order chi connectivity index (χ0) is 13.7. The van der Waals surface area contributed by atoms with E-state index in [0.717, 1.165) is 5.56 Å². The summed E-state index contributed by atoms with van der Waals surface area (Å²) in [7, 11) is 0. The molecule has 4 nitrogen and oxygen atoms in total. The van der Waals surface area contributed by atoms with Gasteiger partial charge in [-0.2, -0.15) is 0 Å². The van der Waals surface area contributed by atoms with Crippen molar-refractivity contribution in [1.29, 1.82) is 0 Å². The number of nitrogen functional groups attached to an aromatic ring is 1. The van der Waals surface area contributed by atoms with Crippen LogP contribution in [0.5, 0.6) is 0 Å². The van der Waals surface area contributed by atoms with Crippen molar-refractivity contribution in [2.24, 2.45) is 0 Å². The number of nitrogens with two attached hydrogens (primary N) is 1. The van der Waals surface area contributed by atoms with E-state index in [9.17, 15) is 4.79 Å². The highest BCUT2D eigenvalue weighted by atomic mass is 35.5. The Labute approximate surface area is 115 Å². The normalized spacial score (nSPS) is 10.6. The molecule has 0 saturated carbocycles. The van der Waals surface area contributed by atoms with Crippen molar-refractivity contribution in [1.82, 2.24) is 4.98 Å². The molecule has 0 aliphatic heterocycles. The topological polar surface area (TPSA) is 68.0 Å². The minimum Gasteiger partial charge on any atom is -0.399 e. The van der Waals surface area contributed by atoms with E-state index in [1.54, 1.807) is 36.5 Å². The van der Waals surface area contributed by atoms with E-state index < -0.39 is 0 Å². The minimum atomic E-state index is -0.272. The summed E-state index contributed by atoms with van der Waals surface area (Å²) in [5.41, 5.74) is 7.63. The fraction of sp³-hybridized carbons (Fsp3) is 0. The molecule has 0 spiro atoms. The Bertz CT molecular complexity index is 608. The Balaban J connectivity index is 2.02. The molecule has 1 heterocycles. The van der Waals surface area contributed by atoms with Crippen LogP contribution >= 0.6 is 11.6 Å². The number of pyridine rings is 1. The number of hydrogen-bond donors (Lipinski definition) is 2. The van der Waals surface area contributed by atoms with Crippen LogP contribution in [-0.2, 0) is 4.79 Å². The van der Waals surface area contributed by atoms with E-state index in [2.05, 4.69) is 10.3 Å². The van der Waals surface area contributed by atoms with Gasteiger partial charge >= 0.3 is 0 Å². The highest BCUT2D eigenvalue weighted by Gasteiger charge is 2.02. The van der Waals surface area contributed by atoms with Crippen molar-refractivity contribution in [3.63, 3.8) is 0 Å². The maximum Gasteiger partial charge on any atom is 0.248 e. The number of nitrogens with one attached hydrogen (secondary N) is 1. The predicted molar refractivity (Wildman–Crippen MR) is 77.8 cm³/mol. The molecule has 1 amide bonds. The molecule has 96 valence electrons. The molecule has 0 saturated heterocycles. The average molecular weight is 274 g/mol. The number of nitrogens with zero attached hydrogens (tertiary/aromatic N) is 1. The van der Waals surface area contributed by atoms with E-state index in [1.807, 2.05) is 12.1 Å². The summed E-state index contributed by atoms with van der Waals surface area (Å²) in [4.78, 5) is 15.6. The van der Waals surface area contributed by atoms with Crippen LogP contribution in [0.2, 0.25) is 5.15 Å². The molecule has 0 aliphatic rings. The van der Waals surface area contributed by atoms with Crippen molar-refractivity contribution < 1.29 is 4.79 Å². The van der Waals surface area contributed by atoms with Crippen LogP contribution < -0.4 is 11.1 Å². The van der Waals surface area contributed by atoms with Crippen LogP contribution in [0.15, 0.2) is 48.7 Å². The van der Waals surface area contributed by atoms with E-state index in [0.29, 0.717) is 11.4 Å². The van der Waals surface area contributed by atoms with Crippen molar-refractivity contribution in [3.05, 3.63) is 59.4 Å². The fourth-order valence-electron chi connectivity index (χ4n) is 1.43. The molecular formula is C14H12ClN3O. The van der Waals surface area contributed by atoms with Crippen molar-refractivity contribution in [3.8, 4) is 0 Å². The summed E-state index contributed by atoms with van der Waals surface area (Å²) in [6.45, 7) is 0. The molecule has 3 N–H and O–H groups in total. The van der Waals surface area contributed by atoms with Gasteiger partial charge < -0.3 is 11.1 Å². The third-order valence-electron chi connectivity index (χ3n) is 2.38. The summed E-state index contributed by atoms with van der Waals surface area (Å²) < 4.78 is 0. The van der Waals surface area contributed by atoms with Crippen molar-refractivity contribution in [2.45, 2.75) is 0 Å². The van der Waals surface area contributed by atoms with E-state index in [1.165, 1.54) is 6.08 Å². The lowest BCUT2D eigenvalue weighted by atomic mass is 10.2. The molecule has 19 heavy (non-hydrogen) atoms. The lowest BCUT2D eigenvalue weighted by Crippen LogP contribution is -2.08. The molecule has 2 aromatic rings. The highest BCUT2D eigenvalue weighted by Crippen LogP contribution is 2.17. The molecule has 0 unspecified atom stereocenters. The van der Waals surface area contributed by atoms with Gasteiger partial charge in [-0.25, -0.2) is 4.98 Å². The van der Waals surface area contributed by atoms with Gasteiger partial charge in [-0.3, -0.25) is 4.79 Å². The van der Waals surface area contributed by atoms with Crippen LogP contribution in [0.25, 0.3) is 6.08 Å². The average Bonchev–Trinajstić information content (AvgIpc) is 2.41. The van der Waals surface area contributed by atoms with Crippen LogP contribution in [0, 0.1) is 0 Å². The molecule has 5 heteroatoms. The van der Waals surface area contributed by atoms with E-state index in [-0.39, 0.29) is 11.1 Å². The first-order valence-corrected chi connectivity index (χ1v) is 5.98. The molecule has 0 aliphatic carbocycles. The van der Waals surface area contributed by atoms with Gasteiger partial charge in [0, 0.05) is 18.0 Å². The molecule has 2 rings (SSSR count). The number of aromatic nitrogens is 1. The van der Waals surface area contributed by atoms with Gasteiger partial charge in [0.15, 0.2) is 5.15 Å². The van der Waals surface area contributed by atoms with Crippen LogP contribution in [0.1, 0.15) is 5.56 Å². The summed E-state index contributed by atoms with van der Waals surface area (Å²) in [5, 5.41) is 2.91. The molecule has 0 bridgehead atoms. The summed E-state index contributed by atoms with van der Waals surface area (Å²) in [5.74, 6) is -0.272. The number of amides is 1. The maximum atomic E-state index is 11.7. The smallest absolute Gasteiger partial charge is 0.248 e. The zero-order valence-electron chi connectivity index (χ0n) is 10.0. The molecule has 0 atom stereocenters. The SMILES string of the molecule is Nc1ccc(/C=C/C(=O)Nc2cccnc2Cl)cc1. The molecule has 1 aromatic carbocycles. The highest BCUT2D eigenvalue weighted by molar-refractivity contribution is 6.32. The quantitative estimate of drug-likeness (QED) is 0.513. The lowest BCUT2D eigenvalue weighted by molar-refractivity contribution is -0.111. The van der Waals surface area contributed by atoms with Gasteiger partial charge in [0.05, 0.1) is 5.69 Å². The van der Waals surface area contributed by atoms with Gasteiger partial charge in [-0.15, -0.1) is 0 Å². The Morgan fingerprint density at radius 2 is 2.00 bits per heavy atom. The number of carbonyl (C=O) groups is 1. The van der Waals surface area contributed by atoms with E-state index >= 15 is 0 Å². The Kier molecular flexibility index (Phi) is 4.15. The van der Waals surface area contributed by atoms with Gasteiger partial charge in [0.2, 0.25) is 5.91 Å². The second-order valence-electron chi connectivity index (χ2n) is 3.83. The first kappa shape index (κ1) is 13.1. The first-order chi connectivity index (χ1) is 9.15. The number of anilines is 2. The van der Waals surface area contributed by atoms with Gasteiger partial charge in [-0.1, -0.05) is 23.7 Å². The second-order valence-corrected chi connectivity index (χ2v) is 4.19. The number of hydrogen-bond acceptors (Lipinski definition) is 3. The molecule has 0 fully saturated rings. The monoisotopic (exact) mass is 273 g/mol. The van der Waals surface area contributed by atoms with Gasteiger partial charge in [0.25, 0.3) is 0 Å². The van der Waals surface area contributed by atoms with Gasteiger partial charge in [-0.05, 0) is 35.9 Å². The summed E-state index contributed by atoms with van der Waals surface area (Å²) in [6, 6.07) is 10.6. The summed E-state index contributed by atoms with van der Waals surface area (Å²) >= 11 is 5.84. The standard InChI is InChI=1S/C14H12ClN3O/c15-14-12(2-1-9-17-14)18-13(19)8-5-10-3-6-11(16)7-4-10/h1-9H,16H2,(H,18,19)/b8-5+. The lowest BCUT2D eigenvalue weighted by Gasteiger charge is -2.02. The number of rotatable bonds is 3. The van der Waals surface area contributed by atoms with Crippen LogP contribution in [-0.4, -0.2) is 10.9 Å². The number of halogens is 1. The first-order valence-electron chi connectivity index (χ1n) is 5.60. The number of benzene rings is 1. The van der Waals surface area contributed by atoms with Crippen LogP contribution in [0.4, 0.5) is 11.4 Å². The van der Waals surface area contributed by atoms with Crippen LogP contribution in [0.3, 0.4) is 0 Å². The minimum absolute atomic E-state index is 0.261.